The number of rotatable bonds is 8. The molecular formula is C28H33FN4OS. The molecule has 0 aliphatic carbocycles. The fourth-order valence-electron chi connectivity index (χ4n) is 5.34. The lowest BCUT2D eigenvalue weighted by molar-refractivity contribution is 0.100. The van der Waals surface area contributed by atoms with E-state index in [1.54, 1.807) is 12.1 Å². The molecule has 1 aliphatic heterocycles. The summed E-state index contributed by atoms with van der Waals surface area (Å²) in [5.41, 5.74) is 10.2. The van der Waals surface area contributed by atoms with E-state index in [9.17, 15) is 9.18 Å². The van der Waals surface area contributed by atoms with Crippen LogP contribution in [0.5, 0.6) is 0 Å². The van der Waals surface area contributed by atoms with Gasteiger partial charge in [0, 0.05) is 53.7 Å². The molecule has 0 bridgehead atoms. The molecule has 35 heavy (non-hydrogen) atoms. The van der Waals surface area contributed by atoms with E-state index in [0.29, 0.717) is 4.88 Å². The van der Waals surface area contributed by atoms with Gasteiger partial charge < -0.3 is 20.5 Å². The Morgan fingerprint density at radius 2 is 1.94 bits per heavy atom. The van der Waals surface area contributed by atoms with E-state index in [-0.39, 0.29) is 17.6 Å². The Bertz CT molecular complexity index is 1350. The van der Waals surface area contributed by atoms with Gasteiger partial charge in [-0.1, -0.05) is 25.8 Å². The summed E-state index contributed by atoms with van der Waals surface area (Å²) in [6.45, 7) is 6.27. The number of carbonyl (C=O) groups is 1. The van der Waals surface area contributed by atoms with Crippen LogP contribution in [0.2, 0.25) is 0 Å². The zero-order chi connectivity index (χ0) is 24.5. The van der Waals surface area contributed by atoms with E-state index >= 15 is 0 Å². The van der Waals surface area contributed by atoms with E-state index in [1.165, 1.54) is 23.1 Å². The molecule has 1 aliphatic rings. The largest absolute Gasteiger partial charge is 0.369 e. The van der Waals surface area contributed by atoms with Gasteiger partial charge in [-0.2, -0.15) is 0 Å². The van der Waals surface area contributed by atoms with Crippen LogP contribution < -0.4 is 10.6 Å². The number of anilines is 1. The molecule has 0 radical (unpaired) electrons. The lowest BCUT2D eigenvalue weighted by atomic mass is 9.85. The molecule has 2 aromatic heterocycles. The van der Waals surface area contributed by atoms with Gasteiger partial charge in [-0.05, 0) is 72.7 Å². The number of aromatic amines is 1. The number of likely N-dealkylation sites (N-methyl/N-ethyl adjacent to an activating group) is 1. The topological polar surface area (TPSA) is 65.4 Å². The third kappa shape index (κ3) is 4.80. The van der Waals surface area contributed by atoms with Crippen molar-refractivity contribution < 1.29 is 9.18 Å². The number of H-pyrrole nitrogens is 1. The Morgan fingerprint density at radius 1 is 1.14 bits per heavy atom. The van der Waals surface area contributed by atoms with Crippen LogP contribution in [0, 0.1) is 5.82 Å². The normalized spacial score (nSPS) is 15.8. The van der Waals surface area contributed by atoms with Crippen molar-refractivity contribution in [2.75, 3.05) is 38.1 Å². The lowest BCUT2D eigenvalue weighted by Gasteiger charge is -2.34. The van der Waals surface area contributed by atoms with Crippen molar-refractivity contribution in [3.8, 4) is 0 Å². The molecule has 2 aromatic carbocycles. The van der Waals surface area contributed by atoms with Gasteiger partial charge in [-0.15, -0.1) is 11.3 Å². The molecule has 1 saturated heterocycles. The van der Waals surface area contributed by atoms with E-state index < -0.39 is 0 Å². The molecule has 1 unspecified atom stereocenters. The highest BCUT2D eigenvalue weighted by molar-refractivity contribution is 7.21. The molecule has 1 amide bonds. The monoisotopic (exact) mass is 492 g/mol. The van der Waals surface area contributed by atoms with E-state index in [0.717, 1.165) is 84.0 Å². The van der Waals surface area contributed by atoms with Crippen molar-refractivity contribution in [3.05, 3.63) is 64.4 Å². The second-order valence-electron chi connectivity index (χ2n) is 9.73. The maximum Gasteiger partial charge on any atom is 0.259 e. The van der Waals surface area contributed by atoms with Crippen molar-refractivity contribution in [2.45, 2.75) is 38.5 Å². The first kappa shape index (κ1) is 23.8. The van der Waals surface area contributed by atoms with Crippen LogP contribution in [0.1, 0.15) is 52.9 Å². The van der Waals surface area contributed by atoms with Gasteiger partial charge in [-0.3, -0.25) is 4.79 Å². The van der Waals surface area contributed by atoms with Crippen LogP contribution in [0.4, 0.5) is 10.1 Å². The number of hydrogen-bond donors (Lipinski definition) is 2. The average Bonchev–Trinajstić information content (AvgIpc) is 3.43. The highest BCUT2D eigenvalue weighted by Crippen LogP contribution is 2.42. The maximum atomic E-state index is 14.0. The number of amides is 1. The summed E-state index contributed by atoms with van der Waals surface area (Å²) in [6.07, 6.45) is 5.78. The number of benzene rings is 2. The standard InChI is InChI=1S/C28H33FN4OS/c1-3-4-5-18(14-19-17-31-24-9-6-20(29)15-23(19)24)26-22-8-7-21(33-12-10-32(2)11-13-33)16-25(22)35-27(26)28(30)34/h6-9,15-18,31H,3-5,10-14H2,1-2H3,(H2,30,34). The number of aromatic nitrogens is 1. The third-order valence-corrected chi connectivity index (χ3v) is 8.50. The van der Waals surface area contributed by atoms with Crippen molar-refractivity contribution in [1.82, 2.24) is 9.88 Å². The Labute approximate surface area is 209 Å². The second kappa shape index (κ2) is 9.99. The molecule has 7 heteroatoms. The fourth-order valence-corrected chi connectivity index (χ4v) is 6.51. The zero-order valence-electron chi connectivity index (χ0n) is 20.4. The molecule has 1 atom stereocenters. The van der Waals surface area contributed by atoms with Gasteiger partial charge >= 0.3 is 0 Å². The molecule has 0 saturated carbocycles. The summed E-state index contributed by atoms with van der Waals surface area (Å²) < 4.78 is 15.1. The highest BCUT2D eigenvalue weighted by atomic mass is 32.1. The number of halogens is 1. The van der Waals surface area contributed by atoms with Crippen LogP contribution in [-0.4, -0.2) is 49.0 Å². The van der Waals surface area contributed by atoms with Crippen molar-refractivity contribution in [3.63, 3.8) is 0 Å². The maximum absolute atomic E-state index is 14.0. The number of thiophene rings is 1. The number of unbranched alkanes of at least 4 members (excludes halogenated alkanes) is 1. The van der Waals surface area contributed by atoms with Crippen LogP contribution >= 0.6 is 11.3 Å². The summed E-state index contributed by atoms with van der Waals surface area (Å²) in [5.74, 6) is -0.476. The van der Waals surface area contributed by atoms with E-state index in [1.807, 2.05) is 6.20 Å². The Morgan fingerprint density at radius 3 is 2.69 bits per heavy atom. The zero-order valence-corrected chi connectivity index (χ0v) is 21.3. The van der Waals surface area contributed by atoms with Gasteiger partial charge in [0.1, 0.15) is 5.82 Å². The molecule has 184 valence electrons. The number of carbonyl (C=O) groups excluding carboxylic acids is 1. The summed E-state index contributed by atoms with van der Waals surface area (Å²) in [5, 5.41) is 2.03. The molecular weight excluding hydrogens is 459 g/mol. The molecule has 3 heterocycles. The smallest absolute Gasteiger partial charge is 0.259 e. The van der Waals surface area contributed by atoms with Crippen LogP contribution in [-0.2, 0) is 6.42 Å². The average molecular weight is 493 g/mol. The Hall–Kier alpha value is -2.90. The quantitative estimate of drug-likeness (QED) is 0.322. The fraction of sp³-hybridized carbons (Fsp3) is 0.393. The molecule has 1 fully saturated rings. The predicted octanol–water partition coefficient (Wildman–Crippen LogP) is 5.89. The van der Waals surface area contributed by atoms with Gasteiger partial charge in [0.15, 0.2) is 0 Å². The first-order valence-electron chi connectivity index (χ1n) is 12.5. The minimum Gasteiger partial charge on any atom is -0.369 e. The van der Waals surface area contributed by atoms with Crippen molar-refractivity contribution in [1.29, 1.82) is 0 Å². The summed E-state index contributed by atoms with van der Waals surface area (Å²) in [4.78, 5) is 21.3. The number of fused-ring (bicyclic) bond motifs is 2. The highest BCUT2D eigenvalue weighted by Gasteiger charge is 2.26. The molecule has 5 nitrogen and oxygen atoms in total. The van der Waals surface area contributed by atoms with Crippen LogP contribution in [0.25, 0.3) is 21.0 Å². The Balaban J connectivity index is 1.55. The van der Waals surface area contributed by atoms with Gasteiger partial charge in [0.2, 0.25) is 0 Å². The van der Waals surface area contributed by atoms with Crippen LogP contribution in [0.3, 0.4) is 0 Å². The van der Waals surface area contributed by atoms with Crippen molar-refractivity contribution in [2.24, 2.45) is 5.73 Å². The Kier molecular flexibility index (Phi) is 6.80. The number of nitrogens with one attached hydrogen (secondary N) is 1. The first-order valence-corrected chi connectivity index (χ1v) is 13.3. The second-order valence-corrected chi connectivity index (χ2v) is 10.8. The summed E-state index contributed by atoms with van der Waals surface area (Å²) in [7, 11) is 2.16. The van der Waals surface area contributed by atoms with Gasteiger partial charge in [0.05, 0.1) is 4.88 Å². The molecule has 3 N–H and O–H groups in total. The number of hydrogen-bond acceptors (Lipinski definition) is 4. The molecule has 0 spiro atoms. The first-order chi connectivity index (χ1) is 16.9. The molecule has 4 aromatic rings. The van der Waals surface area contributed by atoms with E-state index in [2.05, 4.69) is 47.0 Å². The molecule has 5 rings (SSSR count). The number of nitrogens with zero attached hydrogens (tertiary/aromatic N) is 2. The summed E-state index contributed by atoms with van der Waals surface area (Å²) >= 11 is 1.51. The summed E-state index contributed by atoms with van der Waals surface area (Å²) in [6, 6.07) is 11.4. The number of piperazine rings is 1. The lowest BCUT2D eigenvalue weighted by Crippen LogP contribution is -2.44. The van der Waals surface area contributed by atoms with Gasteiger partial charge in [0.25, 0.3) is 5.91 Å². The number of nitrogens with two attached hydrogens (primary N) is 1. The van der Waals surface area contributed by atoms with Gasteiger partial charge in [-0.25, -0.2) is 4.39 Å². The number of primary amides is 1. The van der Waals surface area contributed by atoms with E-state index in [4.69, 9.17) is 5.73 Å². The SMILES string of the molecule is CCCCC(Cc1c[nH]c2ccc(F)cc12)c1c(C(N)=O)sc2cc(N3CCN(C)CC3)ccc12. The van der Waals surface area contributed by atoms with Crippen LogP contribution in [0.15, 0.2) is 42.6 Å². The minimum absolute atomic E-state index is 0.128. The predicted molar refractivity (Wildman–Crippen MR) is 144 cm³/mol. The van der Waals surface area contributed by atoms with Crippen molar-refractivity contribution >= 4 is 43.9 Å². The third-order valence-electron chi connectivity index (χ3n) is 7.31. The minimum atomic E-state index is -0.367.